The lowest BCUT2D eigenvalue weighted by Crippen LogP contribution is -2.92. The van der Waals surface area contributed by atoms with Crippen LogP contribution in [0.3, 0.4) is 0 Å². The predicted molar refractivity (Wildman–Crippen MR) is 111 cm³/mol. The van der Waals surface area contributed by atoms with Crippen molar-refractivity contribution in [1.82, 2.24) is 10.3 Å². The molecule has 1 fully saturated rings. The van der Waals surface area contributed by atoms with Gasteiger partial charge in [0.15, 0.2) is 6.04 Å². The molecule has 0 bridgehead atoms. The Morgan fingerprint density at radius 2 is 1.96 bits per heavy atom. The maximum absolute atomic E-state index is 12.4. The smallest absolute Gasteiger partial charge is 0.278 e. The van der Waals surface area contributed by atoms with E-state index in [1.54, 1.807) is 7.11 Å². The van der Waals surface area contributed by atoms with Crippen molar-refractivity contribution in [2.45, 2.75) is 37.8 Å². The van der Waals surface area contributed by atoms with Crippen molar-refractivity contribution in [1.29, 1.82) is 0 Å². The number of rotatable bonds is 8. The van der Waals surface area contributed by atoms with Crippen LogP contribution in [-0.4, -0.2) is 36.6 Å². The minimum Gasteiger partial charge on any atom is -0.497 e. The van der Waals surface area contributed by atoms with Crippen LogP contribution in [0.5, 0.6) is 5.75 Å². The van der Waals surface area contributed by atoms with Crippen LogP contribution < -0.4 is 15.4 Å². The number of hydrogen-bond acceptors (Lipinski definition) is 2. The summed E-state index contributed by atoms with van der Waals surface area (Å²) >= 11 is 0. The zero-order valence-electron chi connectivity index (χ0n) is 16.4. The van der Waals surface area contributed by atoms with E-state index in [0.29, 0.717) is 6.04 Å². The molecule has 0 unspecified atom stereocenters. The SMILES string of the molecule is COc1ccc([C@@H](C[NH2+][C@@H](C)C(=O)NC2CC2)c2c[nH]c3ccccc23)cc1. The monoisotopic (exact) mass is 378 g/mol. The number of aromatic amines is 1. The molecule has 2 atom stereocenters. The first-order valence-corrected chi connectivity index (χ1v) is 9.99. The van der Waals surface area contributed by atoms with Crippen molar-refractivity contribution >= 4 is 16.8 Å². The summed E-state index contributed by atoms with van der Waals surface area (Å²) in [5, 5.41) is 6.48. The molecule has 1 saturated carbocycles. The molecule has 3 aromatic rings. The summed E-state index contributed by atoms with van der Waals surface area (Å²) in [6.07, 6.45) is 4.33. The highest BCUT2D eigenvalue weighted by Crippen LogP contribution is 2.30. The summed E-state index contributed by atoms with van der Waals surface area (Å²) in [4.78, 5) is 15.7. The molecule has 1 heterocycles. The fraction of sp³-hybridized carbons (Fsp3) is 0.348. The molecular weight excluding hydrogens is 350 g/mol. The largest absolute Gasteiger partial charge is 0.497 e. The number of aromatic nitrogens is 1. The van der Waals surface area contributed by atoms with Gasteiger partial charge in [-0.2, -0.15) is 0 Å². The Hall–Kier alpha value is -2.79. The quantitative estimate of drug-likeness (QED) is 0.564. The molecule has 146 valence electrons. The number of nitrogens with two attached hydrogens (primary N) is 1. The van der Waals surface area contributed by atoms with Gasteiger partial charge in [-0.15, -0.1) is 0 Å². The van der Waals surface area contributed by atoms with Crippen LogP contribution in [0.25, 0.3) is 10.9 Å². The van der Waals surface area contributed by atoms with E-state index in [1.807, 2.05) is 25.1 Å². The van der Waals surface area contributed by atoms with Crippen molar-refractivity contribution in [2.75, 3.05) is 13.7 Å². The summed E-state index contributed by atoms with van der Waals surface area (Å²) in [6.45, 7) is 2.78. The number of amides is 1. The Balaban J connectivity index is 1.58. The van der Waals surface area contributed by atoms with Crippen LogP contribution in [0, 0.1) is 0 Å². The molecule has 0 radical (unpaired) electrons. The van der Waals surface area contributed by atoms with E-state index in [9.17, 15) is 4.79 Å². The van der Waals surface area contributed by atoms with Crippen LogP contribution in [0.15, 0.2) is 54.7 Å². The number of methoxy groups -OCH3 is 1. The number of fused-ring (bicyclic) bond motifs is 1. The molecule has 4 N–H and O–H groups in total. The summed E-state index contributed by atoms with van der Waals surface area (Å²) in [5.41, 5.74) is 3.61. The standard InChI is InChI=1S/C23H27N3O2/c1-15(23(27)26-17-9-10-17)24-13-20(16-7-11-18(28-2)12-8-16)21-14-25-22-6-4-3-5-19(21)22/h3-8,11-12,14-15,17,20,24-25H,9-10,13H2,1-2H3,(H,26,27)/p+1/t15-,20+/m0/s1. The van der Waals surface area contributed by atoms with E-state index in [0.717, 1.165) is 30.7 Å². The first kappa shape index (κ1) is 18.6. The van der Waals surface area contributed by atoms with Crippen LogP contribution in [-0.2, 0) is 4.79 Å². The Kier molecular flexibility index (Phi) is 5.35. The van der Waals surface area contributed by atoms with Gasteiger partial charge >= 0.3 is 0 Å². The van der Waals surface area contributed by atoms with E-state index < -0.39 is 0 Å². The van der Waals surface area contributed by atoms with E-state index in [4.69, 9.17) is 4.74 Å². The Bertz CT molecular complexity index is 944. The lowest BCUT2D eigenvalue weighted by atomic mass is 9.90. The van der Waals surface area contributed by atoms with E-state index in [1.165, 1.54) is 16.5 Å². The number of quaternary nitrogens is 1. The fourth-order valence-electron chi connectivity index (χ4n) is 3.67. The van der Waals surface area contributed by atoms with Crippen molar-refractivity contribution in [2.24, 2.45) is 0 Å². The van der Waals surface area contributed by atoms with Gasteiger partial charge in [0.2, 0.25) is 0 Å². The second kappa shape index (κ2) is 8.07. The zero-order valence-corrected chi connectivity index (χ0v) is 16.4. The van der Waals surface area contributed by atoms with Crippen LogP contribution in [0.1, 0.15) is 36.8 Å². The molecule has 28 heavy (non-hydrogen) atoms. The summed E-state index contributed by atoms with van der Waals surface area (Å²) in [6, 6.07) is 16.9. The highest BCUT2D eigenvalue weighted by Gasteiger charge is 2.28. The van der Waals surface area contributed by atoms with Crippen LogP contribution >= 0.6 is 0 Å². The summed E-state index contributed by atoms with van der Waals surface area (Å²) in [5.74, 6) is 1.16. The highest BCUT2D eigenvalue weighted by molar-refractivity contribution is 5.84. The second-order valence-corrected chi connectivity index (χ2v) is 7.66. The molecule has 1 aromatic heterocycles. The van der Waals surface area contributed by atoms with Gasteiger partial charge in [-0.1, -0.05) is 30.3 Å². The topological polar surface area (TPSA) is 70.7 Å². The number of H-pyrrole nitrogens is 1. The maximum Gasteiger partial charge on any atom is 0.278 e. The van der Waals surface area contributed by atoms with Gasteiger partial charge in [0.1, 0.15) is 5.75 Å². The first-order chi connectivity index (χ1) is 13.7. The average molecular weight is 378 g/mol. The zero-order chi connectivity index (χ0) is 19.5. The Morgan fingerprint density at radius 3 is 2.68 bits per heavy atom. The number of carbonyl (C=O) groups excluding carboxylic acids is 1. The van der Waals surface area contributed by atoms with Crippen molar-refractivity contribution in [3.8, 4) is 5.75 Å². The molecule has 1 amide bonds. The van der Waals surface area contributed by atoms with Gasteiger partial charge in [-0.25, -0.2) is 0 Å². The van der Waals surface area contributed by atoms with Gasteiger partial charge in [-0.05, 0) is 49.1 Å². The Labute approximate surface area is 165 Å². The minimum atomic E-state index is -0.105. The summed E-state index contributed by atoms with van der Waals surface area (Å²) in [7, 11) is 1.68. The van der Waals surface area contributed by atoms with E-state index in [2.05, 4.69) is 52.1 Å². The Morgan fingerprint density at radius 1 is 1.21 bits per heavy atom. The third-order valence-corrected chi connectivity index (χ3v) is 5.58. The molecule has 5 nitrogen and oxygen atoms in total. The normalized spacial score (nSPS) is 15.9. The lowest BCUT2D eigenvalue weighted by Gasteiger charge is -2.19. The first-order valence-electron chi connectivity index (χ1n) is 9.99. The third-order valence-electron chi connectivity index (χ3n) is 5.58. The molecular formula is C23H28N3O2+. The number of ether oxygens (including phenoxy) is 1. The number of hydrogen-bond donors (Lipinski definition) is 3. The van der Waals surface area contributed by atoms with Gasteiger partial charge in [0.25, 0.3) is 5.91 Å². The molecule has 0 spiro atoms. The fourth-order valence-corrected chi connectivity index (χ4v) is 3.67. The molecule has 0 aliphatic heterocycles. The van der Waals surface area contributed by atoms with Crippen molar-refractivity contribution < 1.29 is 14.8 Å². The van der Waals surface area contributed by atoms with Gasteiger partial charge in [0.05, 0.1) is 19.6 Å². The molecule has 0 saturated heterocycles. The van der Waals surface area contributed by atoms with Gasteiger partial charge in [0, 0.05) is 23.1 Å². The van der Waals surface area contributed by atoms with E-state index in [-0.39, 0.29) is 17.9 Å². The van der Waals surface area contributed by atoms with Gasteiger partial charge < -0.3 is 20.4 Å². The minimum absolute atomic E-state index is 0.105. The molecule has 1 aliphatic carbocycles. The van der Waals surface area contributed by atoms with Crippen LogP contribution in [0.2, 0.25) is 0 Å². The molecule has 1 aliphatic rings. The summed E-state index contributed by atoms with van der Waals surface area (Å²) < 4.78 is 5.32. The molecule has 2 aromatic carbocycles. The number of para-hydroxylation sites is 1. The molecule has 4 rings (SSSR count). The predicted octanol–water partition coefficient (Wildman–Crippen LogP) is 2.54. The molecule has 5 heteroatoms. The number of carbonyl (C=O) groups is 1. The maximum atomic E-state index is 12.4. The second-order valence-electron chi connectivity index (χ2n) is 7.66. The number of benzene rings is 2. The number of nitrogens with one attached hydrogen (secondary N) is 2. The average Bonchev–Trinajstić information content (AvgIpc) is 3.45. The van der Waals surface area contributed by atoms with Crippen molar-refractivity contribution in [3.05, 3.63) is 65.9 Å². The van der Waals surface area contributed by atoms with Gasteiger partial charge in [-0.3, -0.25) is 4.79 Å². The highest BCUT2D eigenvalue weighted by atomic mass is 16.5. The van der Waals surface area contributed by atoms with E-state index >= 15 is 0 Å². The van der Waals surface area contributed by atoms with Crippen molar-refractivity contribution in [3.63, 3.8) is 0 Å². The third kappa shape index (κ3) is 4.04. The van der Waals surface area contributed by atoms with Crippen LogP contribution in [0.4, 0.5) is 0 Å². The lowest BCUT2D eigenvalue weighted by molar-refractivity contribution is -0.674.